The first-order chi connectivity index (χ1) is 14.7. The number of carbonyl (C=O) groups is 2. The molecule has 8 nitrogen and oxygen atoms in total. The van der Waals surface area contributed by atoms with Crippen molar-refractivity contribution in [2.45, 2.75) is 18.4 Å². The SMILES string of the molecule is CCOc1ccc(/C=C/C(=O)OCC(=O)NCc2ccccc2S(=O)(=O)N(C)C)cc1. The minimum absolute atomic E-state index is 0.0123. The second kappa shape index (κ2) is 11.3. The molecule has 0 saturated heterocycles. The molecule has 0 unspecified atom stereocenters. The van der Waals surface area contributed by atoms with Crippen molar-refractivity contribution in [3.05, 3.63) is 65.7 Å². The van der Waals surface area contributed by atoms with E-state index in [4.69, 9.17) is 9.47 Å². The third-order valence-corrected chi connectivity index (χ3v) is 6.07. The molecule has 166 valence electrons. The van der Waals surface area contributed by atoms with Crippen molar-refractivity contribution in [2.24, 2.45) is 0 Å². The smallest absolute Gasteiger partial charge is 0.331 e. The quantitative estimate of drug-likeness (QED) is 0.444. The molecule has 0 aliphatic heterocycles. The van der Waals surface area contributed by atoms with Crippen LogP contribution < -0.4 is 10.1 Å². The van der Waals surface area contributed by atoms with Crippen molar-refractivity contribution in [3.8, 4) is 5.75 Å². The molecule has 0 aliphatic carbocycles. The van der Waals surface area contributed by atoms with Gasteiger partial charge in [-0.25, -0.2) is 17.5 Å². The standard InChI is InChI=1S/C22H26N2O6S/c1-4-29-19-12-9-17(10-13-19)11-14-22(26)30-16-21(25)23-15-18-7-5-6-8-20(18)31(27,28)24(2)3/h5-14H,4,15-16H2,1-3H3,(H,23,25)/b14-11+. The Kier molecular flexibility index (Phi) is 8.77. The van der Waals surface area contributed by atoms with E-state index in [0.29, 0.717) is 12.2 Å². The first kappa shape index (κ1) is 24.1. The summed E-state index contributed by atoms with van der Waals surface area (Å²) < 4.78 is 36.1. The summed E-state index contributed by atoms with van der Waals surface area (Å²) in [5, 5.41) is 2.56. The highest BCUT2D eigenvalue weighted by molar-refractivity contribution is 7.89. The average Bonchev–Trinajstić information content (AvgIpc) is 2.76. The molecule has 1 N–H and O–H groups in total. The summed E-state index contributed by atoms with van der Waals surface area (Å²) in [6, 6.07) is 13.5. The van der Waals surface area contributed by atoms with E-state index in [1.54, 1.807) is 48.5 Å². The molecule has 31 heavy (non-hydrogen) atoms. The largest absolute Gasteiger partial charge is 0.494 e. The molecule has 0 fully saturated rings. The van der Waals surface area contributed by atoms with Gasteiger partial charge in [0.25, 0.3) is 5.91 Å². The number of carbonyl (C=O) groups excluding carboxylic acids is 2. The Morgan fingerprint density at radius 2 is 1.74 bits per heavy atom. The Morgan fingerprint density at radius 1 is 1.06 bits per heavy atom. The van der Waals surface area contributed by atoms with Crippen molar-refractivity contribution < 1.29 is 27.5 Å². The highest BCUT2D eigenvalue weighted by Crippen LogP contribution is 2.18. The number of amides is 1. The molecule has 0 heterocycles. The number of nitrogens with one attached hydrogen (secondary N) is 1. The van der Waals surface area contributed by atoms with Gasteiger partial charge in [0.15, 0.2) is 6.61 Å². The molecule has 0 aliphatic rings. The third kappa shape index (κ3) is 7.23. The Balaban J connectivity index is 1.85. The van der Waals surface area contributed by atoms with Gasteiger partial charge in [-0.15, -0.1) is 0 Å². The van der Waals surface area contributed by atoms with Crippen LogP contribution >= 0.6 is 0 Å². The van der Waals surface area contributed by atoms with Crippen LogP contribution in [0.4, 0.5) is 0 Å². The summed E-state index contributed by atoms with van der Waals surface area (Å²) in [5.74, 6) is -0.474. The highest BCUT2D eigenvalue weighted by Gasteiger charge is 2.20. The van der Waals surface area contributed by atoms with Crippen LogP contribution in [0.15, 0.2) is 59.5 Å². The van der Waals surface area contributed by atoms with Crippen LogP contribution in [0, 0.1) is 0 Å². The maximum atomic E-state index is 12.4. The first-order valence-corrected chi connectivity index (χ1v) is 11.0. The van der Waals surface area contributed by atoms with Crippen molar-refractivity contribution >= 4 is 28.0 Å². The summed E-state index contributed by atoms with van der Waals surface area (Å²) in [6.07, 6.45) is 2.79. The topological polar surface area (TPSA) is 102 Å². The Bertz CT molecular complexity index is 1030. The van der Waals surface area contributed by atoms with Gasteiger partial charge in [-0.1, -0.05) is 30.3 Å². The predicted octanol–water partition coefficient (Wildman–Crippen LogP) is 2.21. The van der Waals surface area contributed by atoms with Gasteiger partial charge in [0.1, 0.15) is 5.75 Å². The lowest BCUT2D eigenvalue weighted by atomic mass is 10.2. The monoisotopic (exact) mass is 446 g/mol. The molecular formula is C22H26N2O6S. The third-order valence-electron chi connectivity index (χ3n) is 4.16. The fourth-order valence-electron chi connectivity index (χ4n) is 2.53. The van der Waals surface area contributed by atoms with Gasteiger partial charge in [0, 0.05) is 26.7 Å². The molecule has 1 amide bonds. The molecule has 9 heteroatoms. The van der Waals surface area contributed by atoms with Gasteiger partial charge in [0.2, 0.25) is 10.0 Å². The summed E-state index contributed by atoms with van der Waals surface area (Å²) in [6.45, 7) is 1.97. The molecule has 2 rings (SSSR count). The predicted molar refractivity (Wildman–Crippen MR) is 117 cm³/mol. The number of sulfonamides is 1. The lowest BCUT2D eigenvalue weighted by molar-refractivity contribution is -0.143. The highest BCUT2D eigenvalue weighted by atomic mass is 32.2. The van der Waals surface area contributed by atoms with Crippen molar-refractivity contribution in [1.82, 2.24) is 9.62 Å². The van der Waals surface area contributed by atoms with Crippen LogP contribution in [-0.2, 0) is 30.9 Å². The lowest BCUT2D eigenvalue weighted by Gasteiger charge is -2.15. The number of hydrogen-bond donors (Lipinski definition) is 1. The summed E-state index contributed by atoms with van der Waals surface area (Å²) in [5.41, 5.74) is 1.22. The van der Waals surface area contributed by atoms with Crippen LogP contribution in [0.5, 0.6) is 5.75 Å². The minimum atomic E-state index is -3.64. The van der Waals surface area contributed by atoms with Gasteiger partial charge in [-0.3, -0.25) is 4.79 Å². The number of benzene rings is 2. The first-order valence-electron chi connectivity index (χ1n) is 9.59. The number of nitrogens with zero attached hydrogens (tertiary/aromatic N) is 1. The van der Waals surface area contributed by atoms with Gasteiger partial charge < -0.3 is 14.8 Å². The maximum absolute atomic E-state index is 12.4. The minimum Gasteiger partial charge on any atom is -0.494 e. The van der Waals surface area contributed by atoms with Gasteiger partial charge in [-0.2, -0.15) is 0 Å². The van der Waals surface area contributed by atoms with Crippen molar-refractivity contribution in [3.63, 3.8) is 0 Å². The van der Waals surface area contributed by atoms with E-state index >= 15 is 0 Å². The normalized spacial score (nSPS) is 11.5. The van der Waals surface area contributed by atoms with E-state index in [-0.39, 0.29) is 11.4 Å². The maximum Gasteiger partial charge on any atom is 0.331 e. The van der Waals surface area contributed by atoms with E-state index < -0.39 is 28.5 Å². The van der Waals surface area contributed by atoms with E-state index in [0.717, 1.165) is 15.6 Å². The van der Waals surface area contributed by atoms with E-state index in [9.17, 15) is 18.0 Å². The van der Waals surface area contributed by atoms with Gasteiger partial charge in [0.05, 0.1) is 11.5 Å². The van der Waals surface area contributed by atoms with Crippen LogP contribution in [0.1, 0.15) is 18.1 Å². The lowest BCUT2D eigenvalue weighted by Crippen LogP contribution is -2.29. The Hall–Kier alpha value is -3.17. The molecule has 0 bridgehead atoms. The van der Waals surface area contributed by atoms with Gasteiger partial charge >= 0.3 is 5.97 Å². The summed E-state index contributed by atoms with van der Waals surface area (Å²) in [7, 11) is -0.770. The molecule has 0 spiro atoms. The molecule has 0 atom stereocenters. The Labute approximate surface area is 182 Å². The van der Waals surface area contributed by atoms with Crippen LogP contribution in [0.25, 0.3) is 6.08 Å². The molecule has 0 aromatic heterocycles. The molecule has 0 saturated carbocycles. The van der Waals surface area contributed by atoms with Crippen molar-refractivity contribution in [1.29, 1.82) is 0 Å². The number of rotatable bonds is 10. The zero-order valence-corrected chi connectivity index (χ0v) is 18.5. The van der Waals surface area contributed by atoms with Crippen molar-refractivity contribution in [2.75, 3.05) is 27.3 Å². The summed E-state index contributed by atoms with van der Waals surface area (Å²) >= 11 is 0. The second-order valence-corrected chi connectivity index (χ2v) is 8.74. The van der Waals surface area contributed by atoms with Crippen LogP contribution in [0.3, 0.4) is 0 Å². The molecule has 2 aromatic rings. The van der Waals surface area contributed by atoms with E-state index in [1.165, 1.54) is 26.2 Å². The number of hydrogen-bond acceptors (Lipinski definition) is 6. The number of esters is 1. The zero-order valence-electron chi connectivity index (χ0n) is 17.7. The zero-order chi connectivity index (χ0) is 22.9. The average molecular weight is 447 g/mol. The fraction of sp³-hybridized carbons (Fsp3) is 0.273. The fourth-order valence-corrected chi connectivity index (χ4v) is 3.65. The van der Waals surface area contributed by atoms with E-state index in [2.05, 4.69) is 5.32 Å². The van der Waals surface area contributed by atoms with Crippen LogP contribution in [-0.4, -0.2) is 51.9 Å². The summed E-state index contributed by atoms with van der Waals surface area (Å²) in [4.78, 5) is 23.9. The van der Waals surface area contributed by atoms with Gasteiger partial charge in [-0.05, 0) is 42.3 Å². The van der Waals surface area contributed by atoms with Crippen LogP contribution in [0.2, 0.25) is 0 Å². The number of ether oxygens (including phenoxy) is 2. The molecular weight excluding hydrogens is 420 g/mol. The second-order valence-electron chi connectivity index (χ2n) is 6.61. The molecule has 2 aromatic carbocycles. The Morgan fingerprint density at radius 3 is 2.39 bits per heavy atom. The molecule has 0 radical (unpaired) electrons. The van der Waals surface area contributed by atoms with E-state index in [1.807, 2.05) is 6.92 Å².